The molecule has 0 radical (unpaired) electrons. The topological polar surface area (TPSA) is 43.1 Å². The lowest BCUT2D eigenvalue weighted by atomic mass is 10.1. The summed E-state index contributed by atoms with van der Waals surface area (Å²) in [6.45, 7) is 1.48. The van der Waals surface area contributed by atoms with Crippen LogP contribution in [0.5, 0.6) is 0 Å². The van der Waals surface area contributed by atoms with Crippen LogP contribution in [0.3, 0.4) is 0 Å². The van der Waals surface area contributed by atoms with Gasteiger partial charge in [0, 0.05) is 13.4 Å². The highest BCUT2D eigenvalue weighted by Crippen LogP contribution is 2.36. The van der Waals surface area contributed by atoms with Crippen LogP contribution in [0.15, 0.2) is 19.5 Å². The normalized spacial score (nSPS) is 10.2. The van der Waals surface area contributed by atoms with E-state index < -0.39 is 0 Å². The van der Waals surface area contributed by atoms with Crippen molar-refractivity contribution in [3.8, 4) is 0 Å². The molecule has 13 heavy (non-hydrogen) atoms. The van der Waals surface area contributed by atoms with E-state index in [0.29, 0.717) is 20.2 Å². The van der Waals surface area contributed by atoms with Crippen molar-refractivity contribution >= 4 is 59.3 Å². The summed E-state index contributed by atoms with van der Waals surface area (Å²) < 4.78 is 2.22. The zero-order valence-electron chi connectivity index (χ0n) is 6.70. The number of ketones is 1. The van der Waals surface area contributed by atoms with Crippen LogP contribution in [0.2, 0.25) is 0 Å². The summed E-state index contributed by atoms with van der Waals surface area (Å²) in [5, 5.41) is 0. The van der Waals surface area contributed by atoms with Crippen molar-refractivity contribution in [2.45, 2.75) is 6.92 Å². The third-order valence-electron chi connectivity index (χ3n) is 1.56. The predicted molar refractivity (Wildman–Crippen MR) is 64.0 cm³/mol. The molecular weight excluding hydrogens is 366 g/mol. The van der Waals surface area contributed by atoms with E-state index in [0.717, 1.165) is 4.47 Å². The summed E-state index contributed by atoms with van der Waals surface area (Å²) in [7, 11) is 0. The molecule has 1 aromatic carbocycles. The van der Waals surface area contributed by atoms with Crippen molar-refractivity contribution in [2.75, 3.05) is 5.73 Å². The second-order valence-corrected chi connectivity index (χ2v) is 5.00. The summed E-state index contributed by atoms with van der Waals surface area (Å²) in [5.74, 6) is -0.0635. The molecule has 2 nitrogen and oxygen atoms in total. The molecule has 0 spiro atoms. The first-order valence-electron chi connectivity index (χ1n) is 3.39. The SMILES string of the molecule is CC(=O)c1c(N)c(Br)cc(Br)c1Br. The van der Waals surface area contributed by atoms with E-state index in [1.807, 2.05) is 0 Å². The number of nitrogen functional groups attached to an aromatic ring is 1. The van der Waals surface area contributed by atoms with Crippen molar-refractivity contribution in [2.24, 2.45) is 0 Å². The lowest BCUT2D eigenvalue weighted by Gasteiger charge is -2.08. The van der Waals surface area contributed by atoms with E-state index in [1.54, 1.807) is 6.07 Å². The van der Waals surface area contributed by atoms with Crippen LogP contribution in [0.1, 0.15) is 17.3 Å². The van der Waals surface area contributed by atoms with Crippen molar-refractivity contribution in [3.05, 3.63) is 25.0 Å². The zero-order chi connectivity index (χ0) is 10.2. The van der Waals surface area contributed by atoms with Crippen LogP contribution in [0.25, 0.3) is 0 Å². The lowest BCUT2D eigenvalue weighted by Crippen LogP contribution is -2.02. The highest BCUT2D eigenvalue weighted by Gasteiger charge is 2.15. The Balaban J connectivity index is 3.56. The quantitative estimate of drug-likeness (QED) is 0.464. The Morgan fingerprint density at radius 2 is 1.85 bits per heavy atom. The van der Waals surface area contributed by atoms with Gasteiger partial charge >= 0.3 is 0 Å². The molecule has 0 atom stereocenters. The van der Waals surface area contributed by atoms with Gasteiger partial charge < -0.3 is 5.73 Å². The van der Waals surface area contributed by atoms with Crippen LogP contribution in [0, 0.1) is 0 Å². The standard InChI is InChI=1S/C8H6Br3NO/c1-3(13)6-7(11)4(9)2-5(10)8(6)12/h2H,12H2,1H3. The van der Waals surface area contributed by atoms with Crippen LogP contribution in [-0.4, -0.2) is 5.78 Å². The second-order valence-electron chi connectivity index (χ2n) is 2.50. The fraction of sp³-hybridized carbons (Fsp3) is 0.125. The number of nitrogens with two attached hydrogens (primary N) is 1. The van der Waals surface area contributed by atoms with Crippen LogP contribution < -0.4 is 5.73 Å². The van der Waals surface area contributed by atoms with Crippen molar-refractivity contribution < 1.29 is 4.79 Å². The Labute approximate surface area is 101 Å². The summed E-state index contributed by atoms with van der Waals surface area (Å²) in [4.78, 5) is 11.2. The van der Waals surface area contributed by atoms with Crippen LogP contribution in [0.4, 0.5) is 5.69 Å². The van der Waals surface area contributed by atoms with Crippen molar-refractivity contribution in [1.29, 1.82) is 0 Å². The Morgan fingerprint density at radius 3 is 2.31 bits per heavy atom. The molecule has 1 rings (SSSR count). The molecule has 0 aliphatic carbocycles. The van der Waals surface area contributed by atoms with Gasteiger partial charge in [0.1, 0.15) is 0 Å². The Hall–Kier alpha value is 0.130. The molecule has 0 aromatic heterocycles. The minimum atomic E-state index is -0.0635. The molecule has 0 aliphatic heterocycles. The fourth-order valence-corrected chi connectivity index (χ4v) is 2.72. The molecule has 0 amide bonds. The summed E-state index contributed by atoms with van der Waals surface area (Å²) in [6.07, 6.45) is 0. The van der Waals surface area contributed by atoms with E-state index in [9.17, 15) is 4.79 Å². The number of carbonyl (C=O) groups excluding carboxylic acids is 1. The number of rotatable bonds is 1. The monoisotopic (exact) mass is 369 g/mol. The molecule has 0 saturated carbocycles. The van der Waals surface area contributed by atoms with Gasteiger partial charge in [-0.2, -0.15) is 0 Å². The highest BCUT2D eigenvalue weighted by molar-refractivity contribution is 9.13. The number of anilines is 1. The Morgan fingerprint density at radius 1 is 1.31 bits per heavy atom. The second kappa shape index (κ2) is 4.11. The molecule has 0 fully saturated rings. The number of benzene rings is 1. The summed E-state index contributed by atoms with van der Waals surface area (Å²) >= 11 is 9.88. The van der Waals surface area contributed by atoms with Gasteiger partial charge in [0.05, 0.1) is 11.3 Å². The average molecular weight is 372 g/mol. The number of carbonyl (C=O) groups is 1. The number of hydrogen-bond acceptors (Lipinski definition) is 2. The summed E-state index contributed by atoms with van der Waals surface area (Å²) in [6, 6.07) is 1.80. The maximum absolute atomic E-state index is 11.2. The van der Waals surface area contributed by atoms with Crippen LogP contribution >= 0.6 is 47.8 Å². The maximum Gasteiger partial charge on any atom is 0.163 e. The first-order valence-corrected chi connectivity index (χ1v) is 5.77. The smallest absolute Gasteiger partial charge is 0.163 e. The van der Waals surface area contributed by atoms with Gasteiger partial charge in [0.2, 0.25) is 0 Å². The minimum absolute atomic E-state index is 0.0635. The molecule has 70 valence electrons. The van der Waals surface area contributed by atoms with E-state index in [2.05, 4.69) is 47.8 Å². The predicted octanol–water partition coefficient (Wildman–Crippen LogP) is 3.76. The van der Waals surface area contributed by atoms with Gasteiger partial charge in [0.25, 0.3) is 0 Å². The fourth-order valence-electron chi connectivity index (χ4n) is 0.954. The van der Waals surface area contributed by atoms with Gasteiger partial charge in [-0.05, 0) is 60.8 Å². The van der Waals surface area contributed by atoms with Gasteiger partial charge in [-0.25, -0.2) is 0 Å². The molecule has 1 aromatic rings. The Bertz CT molecular complexity index is 350. The molecule has 5 heteroatoms. The van der Waals surface area contributed by atoms with Gasteiger partial charge in [-0.3, -0.25) is 4.79 Å². The first-order chi connectivity index (χ1) is 5.95. The van der Waals surface area contributed by atoms with Crippen molar-refractivity contribution in [3.63, 3.8) is 0 Å². The third kappa shape index (κ3) is 2.14. The minimum Gasteiger partial charge on any atom is -0.397 e. The number of halogens is 3. The maximum atomic E-state index is 11.2. The third-order valence-corrected chi connectivity index (χ3v) is 4.20. The van der Waals surface area contributed by atoms with E-state index in [4.69, 9.17) is 5.73 Å². The van der Waals surface area contributed by atoms with E-state index >= 15 is 0 Å². The molecule has 0 aliphatic rings. The molecule has 0 bridgehead atoms. The zero-order valence-corrected chi connectivity index (χ0v) is 11.5. The molecular formula is C8H6Br3NO. The Kier molecular flexibility index (Phi) is 3.54. The summed E-state index contributed by atoms with van der Waals surface area (Å²) in [5.41, 5.74) is 6.70. The largest absolute Gasteiger partial charge is 0.397 e. The average Bonchev–Trinajstić information content (AvgIpc) is 2.01. The molecule has 2 N–H and O–H groups in total. The first kappa shape index (κ1) is 11.2. The van der Waals surface area contributed by atoms with Gasteiger partial charge in [-0.1, -0.05) is 0 Å². The number of hydrogen-bond donors (Lipinski definition) is 1. The molecule has 0 heterocycles. The van der Waals surface area contributed by atoms with E-state index in [1.165, 1.54) is 6.92 Å². The van der Waals surface area contributed by atoms with Gasteiger partial charge in [-0.15, -0.1) is 0 Å². The van der Waals surface area contributed by atoms with Gasteiger partial charge in [0.15, 0.2) is 5.78 Å². The molecule has 0 unspecified atom stereocenters. The lowest BCUT2D eigenvalue weighted by molar-refractivity contribution is 0.101. The van der Waals surface area contributed by atoms with Crippen molar-refractivity contribution in [1.82, 2.24) is 0 Å². The van der Waals surface area contributed by atoms with Crippen LogP contribution in [-0.2, 0) is 0 Å². The number of Topliss-reactive ketones (excluding diaryl/α,β-unsaturated/α-hetero) is 1. The molecule has 0 saturated heterocycles. The van der Waals surface area contributed by atoms with E-state index in [-0.39, 0.29) is 5.78 Å². The highest BCUT2D eigenvalue weighted by atomic mass is 79.9.